The smallest absolute Gasteiger partial charge is 0.191 e. The number of nitrogens with one attached hydrogen (secondary N) is 2. The Hall–Kier alpha value is -1.26. The molecule has 28 heavy (non-hydrogen) atoms. The second-order valence-corrected chi connectivity index (χ2v) is 6.63. The van der Waals surface area contributed by atoms with Crippen LogP contribution in [0.1, 0.15) is 31.7 Å². The maximum absolute atomic E-state index is 5.87. The van der Waals surface area contributed by atoms with Crippen LogP contribution < -0.4 is 20.1 Å². The molecule has 0 saturated carbocycles. The summed E-state index contributed by atoms with van der Waals surface area (Å²) in [5.41, 5.74) is 1.04. The van der Waals surface area contributed by atoms with Crippen molar-refractivity contribution >= 4 is 29.9 Å². The van der Waals surface area contributed by atoms with E-state index < -0.39 is 0 Å². The zero-order valence-electron chi connectivity index (χ0n) is 16.6. The summed E-state index contributed by atoms with van der Waals surface area (Å²) in [6.45, 7) is 7.88. The maximum Gasteiger partial charge on any atom is 0.191 e. The molecule has 0 aromatic heterocycles. The first-order chi connectivity index (χ1) is 13.4. The largest absolute Gasteiger partial charge is 0.490 e. The number of hydrogen-bond donors (Lipinski definition) is 2. The van der Waals surface area contributed by atoms with Gasteiger partial charge < -0.3 is 29.6 Å². The number of ether oxygens (including phenoxy) is 4. The minimum Gasteiger partial charge on any atom is -0.490 e. The summed E-state index contributed by atoms with van der Waals surface area (Å²) >= 11 is 0. The van der Waals surface area contributed by atoms with Crippen molar-refractivity contribution in [2.45, 2.75) is 38.8 Å². The monoisotopic (exact) mass is 505 g/mol. The standard InChI is InChI=1S/C20H31N3O4.HI/c1-2-21-20(22-9-4-10-25-17-8-13-24-15-17)23-14-16-6-3-7-18-19(16)27-12-5-11-26-18;/h3,6-7,17H,2,4-5,8-15H2,1H3,(H2,21,22,23);1H. The Morgan fingerprint density at radius 1 is 1.21 bits per heavy atom. The van der Waals surface area contributed by atoms with E-state index in [4.69, 9.17) is 23.9 Å². The summed E-state index contributed by atoms with van der Waals surface area (Å²) in [6.07, 6.45) is 3.10. The summed E-state index contributed by atoms with van der Waals surface area (Å²) < 4.78 is 22.7. The number of fused-ring (bicyclic) bond motifs is 1. The molecule has 2 aliphatic rings. The van der Waals surface area contributed by atoms with E-state index in [1.165, 1.54) is 0 Å². The van der Waals surface area contributed by atoms with Gasteiger partial charge in [0.05, 0.1) is 32.5 Å². The zero-order valence-corrected chi connectivity index (χ0v) is 18.9. The van der Waals surface area contributed by atoms with Crippen molar-refractivity contribution in [3.8, 4) is 11.5 Å². The van der Waals surface area contributed by atoms with Crippen LogP contribution in [0.4, 0.5) is 0 Å². The lowest BCUT2D eigenvalue weighted by Gasteiger charge is -2.14. The van der Waals surface area contributed by atoms with Crippen molar-refractivity contribution in [1.29, 1.82) is 0 Å². The van der Waals surface area contributed by atoms with Gasteiger partial charge in [-0.2, -0.15) is 0 Å². The van der Waals surface area contributed by atoms with E-state index in [2.05, 4.69) is 17.6 Å². The zero-order chi connectivity index (χ0) is 18.7. The number of halogens is 1. The van der Waals surface area contributed by atoms with Crippen molar-refractivity contribution in [3.63, 3.8) is 0 Å². The highest BCUT2D eigenvalue weighted by atomic mass is 127. The first-order valence-electron chi connectivity index (χ1n) is 9.96. The fourth-order valence-corrected chi connectivity index (χ4v) is 3.06. The number of nitrogens with zero attached hydrogens (tertiary/aromatic N) is 1. The summed E-state index contributed by atoms with van der Waals surface area (Å²) in [4.78, 5) is 4.70. The average Bonchev–Trinajstić information content (AvgIpc) is 3.08. The number of rotatable bonds is 8. The van der Waals surface area contributed by atoms with Crippen LogP contribution in [0.15, 0.2) is 23.2 Å². The third kappa shape index (κ3) is 7.29. The lowest BCUT2D eigenvalue weighted by Crippen LogP contribution is -2.38. The van der Waals surface area contributed by atoms with Crippen LogP contribution in [0.5, 0.6) is 11.5 Å². The summed E-state index contributed by atoms with van der Waals surface area (Å²) in [5.74, 6) is 2.43. The van der Waals surface area contributed by atoms with Crippen LogP contribution in [0, 0.1) is 0 Å². The molecule has 7 nitrogen and oxygen atoms in total. The molecule has 3 rings (SSSR count). The fourth-order valence-electron chi connectivity index (χ4n) is 3.06. The molecular formula is C20H32IN3O4. The second-order valence-electron chi connectivity index (χ2n) is 6.63. The SMILES string of the molecule is CCNC(=NCc1cccc2c1OCCCO2)NCCCOC1CCOC1.I. The van der Waals surface area contributed by atoms with Crippen molar-refractivity contribution < 1.29 is 18.9 Å². The van der Waals surface area contributed by atoms with Crippen LogP contribution in [-0.2, 0) is 16.0 Å². The van der Waals surface area contributed by atoms with Gasteiger partial charge in [0.1, 0.15) is 0 Å². The van der Waals surface area contributed by atoms with E-state index in [9.17, 15) is 0 Å². The van der Waals surface area contributed by atoms with Crippen LogP contribution in [0.2, 0.25) is 0 Å². The summed E-state index contributed by atoms with van der Waals surface area (Å²) in [5, 5.41) is 6.65. The summed E-state index contributed by atoms with van der Waals surface area (Å²) in [7, 11) is 0. The Bertz CT molecular complexity index is 609. The molecular weight excluding hydrogens is 473 g/mol. The van der Waals surface area contributed by atoms with Crippen LogP contribution >= 0.6 is 24.0 Å². The molecule has 158 valence electrons. The van der Waals surface area contributed by atoms with Gasteiger partial charge in [-0.15, -0.1) is 24.0 Å². The Morgan fingerprint density at radius 3 is 2.93 bits per heavy atom. The van der Waals surface area contributed by atoms with Gasteiger partial charge in [0.15, 0.2) is 17.5 Å². The molecule has 1 aromatic carbocycles. The third-order valence-corrected chi connectivity index (χ3v) is 4.46. The quantitative estimate of drug-likeness (QED) is 0.245. The van der Waals surface area contributed by atoms with E-state index in [1.807, 2.05) is 18.2 Å². The second kappa shape index (κ2) is 13.1. The van der Waals surface area contributed by atoms with Gasteiger partial charge in [0.25, 0.3) is 0 Å². The molecule has 2 heterocycles. The molecule has 1 unspecified atom stereocenters. The first-order valence-corrected chi connectivity index (χ1v) is 9.96. The molecule has 0 radical (unpaired) electrons. The number of hydrogen-bond acceptors (Lipinski definition) is 5. The molecule has 1 aromatic rings. The molecule has 2 aliphatic heterocycles. The Balaban J connectivity index is 0.00000280. The maximum atomic E-state index is 5.87. The van der Waals surface area contributed by atoms with E-state index in [0.29, 0.717) is 19.8 Å². The van der Waals surface area contributed by atoms with Gasteiger partial charge in [0.2, 0.25) is 0 Å². The molecule has 1 saturated heterocycles. The molecule has 1 fully saturated rings. The van der Waals surface area contributed by atoms with Crippen LogP contribution in [0.25, 0.3) is 0 Å². The average molecular weight is 505 g/mol. The molecule has 0 spiro atoms. The van der Waals surface area contributed by atoms with E-state index >= 15 is 0 Å². The predicted molar refractivity (Wildman–Crippen MR) is 120 cm³/mol. The van der Waals surface area contributed by atoms with Gasteiger partial charge in [0, 0.05) is 38.3 Å². The van der Waals surface area contributed by atoms with Gasteiger partial charge in [-0.1, -0.05) is 12.1 Å². The first kappa shape index (κ1) is 23.0. The Morgan fingerprint density at radius 2 is 2.11 bits per heavy atom. The van der Waals surface area contributed by atoms with Crippen molar-refractivity contribution in [2.24, 2.45) is 4.99 Å². The predicted octanol–water partition coefficient (Wildman–Crippen LogP) is 2.72. The number of guanidine groups is 1. The van der Waals surface area contributed by atoms with Crippen LogP contribution in [0.3, 0.4) is 0 Å². The molecule has 2 N–H and O–H groups in total. The highest BCUT2D eigenvalue weighted by Gasteiger charge is 2.16. The lowest BCUT2D eigenvalue weighted by molar-refractivity contribution is 0.0420. The normalized spacial score (nSPS) is 18.9. The minimum absolute atomic E-state index is 0. The molecule has 8 heteroatoms. The third-order valence-electron chi connectivity index (χ3n) is 4.46. The molecule has 1 atom stereocenters. The molecule has 0 aliphatic carbocycles. The number of para-hydroxylation sites is 1. The lowest BCUT2D eigenvalue weighted by atomic mass is 10.2. The van der Waals surface area contributed by atoms with Crippen LogP contribution in [-0.4, -0.2) is 58.2 Å². The molecule has 0 amide bonds. The van der Waals surface area contributed by atoms with Gasteiger partial charge in [-0.05, 0) is 25.8 Å². The van der Waals surface area contributed by atoms with Crippen molar-refractivity contribution in [3.05, 3.63) is 23.8 Å². The van der Waals surface area contributed by atoms with Crippen molar-refractivity contribution in [1.82, 2.24) is 10.6 Å². The molecule has 0 bridgehead atoms. The summed E-state index contributed by atoms with van der Waals surface area (Å²) in [6, 6.07) is 5.98. The fraction of sp³-hybridized carbons (Fsp3) is 0.650. The Kier molecular flexibility index (Phi) is 10.7. The highest BCUT2D eigenvalue weighted by molar-refractivity contribution is 14.0. The van der Waals surface area contributed by atoms with E-state index in [0.717, 1.165) is 75.2 Å². The van der Waals surface area contributed by atoms with E-state index in [-0.39, 0.29) is 30.1 Å². The van der Waals surface area contributed by atoms with Gasteiger partial charge in [-0.3, -0.25) is 0 Å². The van der Waals surface area contributed by atoms with Crippen molar-refractivity contribution in [2.75, 3.05) is 46.1 Å². The van der Waals surface area contributed by atoms with Gasteiger partial charge >= 0.3 is 0 Å². The number of benzene rings is 1. The minimum atomic E-state index is 0. The van der Waals surface area contributed by atoms with Gasteiger partial charge in [-0.25, -0.2) is 4.99 Å². The Labute approximate surface area is 184 Å². The van der Waals surface area contributed by atoms with E-state index in [1.54, 1.807) is 0 Å². The number of aliphatic imine (C=N–C) groups is 1. The topological polar surface area (TPSA) is 73.3 Å². The highest BCUT2D eigenvalue weighted by Crippen LogP contribution is 2.33.